The van der Waals surface area contributed by atoms with E-state index in [1.807, 2.05) is 62.1 Å². The fraction of sp³-hybridized carbons (Fsp3) is 0.333. The van der Waals surface area contributed by atoms with Crippen LogP contribution in [0.2, 0.25) is 0 Å². The predicted molar refractivity (Wildman–Crippen MR) is 167 cm³/mol. The highest BCUT2D eigenvalue weighted by atomic mass is 28.1. The van der Waals surface area contributed by atoms with Crippen molar-refractivity contribution in [2.75, 3.05) is 11.9 Å². The Morgan fingerprint density at radius 1 is 1.10 bits per heavy atom. The minimum Gasteiger partial charge on any atom is -0.352 e. The lowest BCUT2D eigenvalue weighted by Crippen LogP contribution is -2.33. The zero-order valence-corrected chi connectivity index (χ0v) is 25.3. The van der Waals surface area contributed by atoms with Gasteiger partial charge in [0.1, 0.15) is 0 Å². The van der Waals surface area contributed by atoms with Gasteiger partial charge in [0.2, 0.25) is 11.9 Å². The Balaban J connectivity index is 1.17. The maximum Gasteiger partial charge on any atom is 0.253 e. The quantitative estimate of drug-likeness (QED) is 0.192. The van der Waals surface area contributed by atoms with Crippen molar-refractivity contribution in [2.24, 2.45) is 13.0 Å². The smallest absolute Gasteiger partial charge is 0.253 e. The second-order valence-corrected chi connectivity index (χ2v) is 12.6. The van der Waals surface area contributed by atoms with Gasteiger partial charge in [-0.25, -0.2) is 4.52 Å². The van der Waals surface area contributed by atoms with Crippen molar-refractivity contribution in [3.8, 4) is 11.1 Å². The molecule has 0 fully saturated rings. The first-order valence-electron chi connectivity index (χ1n) is 14.6. The Morgan fingerprint density at radius 3 is 2.74 bits per heavy atom. The molecule has 9 heteroatoms. The summed E-state index contributed by atoms with van der Waals surface area (Å²) < 4.78 is 3.63. The van der Waals surface area contributed by atoms with Gasteiger partial charge in [-0.3, -0.25) is 14.9 Å². The SMILES string of the molecule is CC(C)C(=O)Nc1nc2cc(-c3ccc4c(c3)c(C(=O)NCCC[C@]3([Si])CCCc5ccccc53)cn4C)ccn2n1. The molecule has 42 heavy (non-hydrogen) atoms. The number of fused-ring (bicyclic) bond motifs is 3. The molecule has 1 atom stereocenters. The molecule has 6 rings (SSSR count). The summed E-state index contributed by atoms with van der Waals surface area (Å²) in [6, 6.07) is 18.7. The number of rotatable bonds is 8. The first kappa shape index (κ1) is 27.9. The number of hydrogen-bond donors (Lipinski definition) is 2. The second kappa shape index (κ2) is 11.2. The van der Waals surface area contributed by atoms with E-state index in [0.29, 0.717) is 17.8 Å². The summed E-state index contributed by atoms with van der Waals surface area (Å²) in [6.07, 6.45) is 8.99. The number of nitrogens with zero attached hydrogens (tertiary/aromatic N) is 4. The van der Waals surface area contributed by atoms with Gasteiger partial charge < -0.3 is 9.88 Å². The minimum atomic E-state index is -0.161. The highest BCUT2D eigenvalue weighted by Gasteiger charge is 2.31. The van der Waals surface area contributed by atoms with Crippen molar-refractivity contribution in [3.63, 3.8) is 0 Å². The number of hydrogen-bond acceptors (Lipinski definition) is 4. The molecule has 1 aliphatic carbocycles. The van der Waals surface area contributed by atoms with Crippen molar-refractivity contribution < 1.29 is 9.59 Å². The summed E-state index contributed by atoms with van der Waals surface area (Å²) in [7, 11) is 6.08. The number of amides is 2. The first-order chi connectivity index (χ1) is 20.2. The van der Waals surface area contributed by atoms with E-state index < -0.39 is 0 Å². The van der Waals surface area contributed by atoms with Crippen molar-refractivity contribution >= 4 is 44.6 Å². The molecule has 3 aromatic heterocycles. The fourth-order valence-electron chi connectivity index (χ4n) is 5.99. The van der Waals surface area contributed by atoms with E-state index in [-0.39, 0.29) is 28.7 Å². The van der Waals surface area contributed by atoms with Gasteiger partial charge in [0, 0.05) is 53.0 Å². The van der Waals surface area contributed by atoms with Crippen molar-refractivity contribution in [2.45, 2.75) is 51.0 Å². The molecule has 0 saturated heterocycles. The molecule has 0 saturated carbocycles. The van der Waals surface area contributed by atoms with Crippen LogP contribution < -0.4 is 10.6 Å². The number of benzene rings is 2. The molecular weight excluding hydrogens is 540 g/mol. The van der Waals surface area contributed by atoms with Gasteiger partial charge in [0.25, 0.3) is 5.91 Å². The Hall–Kier alpha value is -4.24. The van der Waals surface area contributed by atoms with E-state index in [9.17, 15) is 9.59 Å². The Bertz CT molecular complexity index is 1810. The minimum absolute atomic E-state index is 0.0276. The zero-order valence-electron chi connectivity index (χ0n) is 24.3. The Labute approximate surface area is 249 Å². The third-order valence-electron chi connectivity index (χ3n) is 8.31. The highest BCUT2D eigenvalue weighted by molar-refractivity contribution is 6.16. The average molecular weight is 576 g/mol. The van der Waals surface area contributed by atoms with Gasteiger partial charge in [-0.15, -0.1) is 5.10 Å². The maximum atomic E-state index is 13.4. The predicted octanol–water partition coefficient (Wildman–Crippen LogP) is 5.39. The van der Waals surface area contributed by atoms with Crippen molar-refractivity contribution in [1.82, 2.24) is 24.5 Å². The summed E-state index contributed by atoms with van der Waals surface area (Å²) in [6.45, 7) is 4.27. The van der Waals surface area contributed by atoms with Crippen LogP contribution in [0.1, 0.15) is 61.0 Å². The molecule has 2 aromatic carbocycles. The molecule has 0 unspecified atom stereocenters. The molecule has 8 nitrogen and oxygen atoms in total. The van der Waals surface area contributed by atoms with Gasteiger partial charge in [-0.05, 0) is 83.7 Å². The molecule has 2 N–H and O–H groups in total. The largest absolute Gasteiger partial charge is 0.352 e. The topological polar surface area (TPSA) is 93.3 Å². The van der Waals surface area contributed by atoms with Crippen LogP contribution in [0.4, 0.5) is 5.95 Å². The fourth-order valence-corrected chi connectivity index (χ4v) is 6.59. The number of pyridine rings is 1. The third-order valence-corrected chi connectivity index (χ3v) is 9.08. The second-order valence-electron chi connectivity index (χ2n) is 11.6. The molecule has 3 radical (unpaired) electrons. The van der Waals surface area contributed by atoms with Gasteiger partial charge in [0.15, 0.2) is 5.65 Å². The van der Waals surface area contributed by atoms with Crippen LogP contribution in [-0.4, -0.2) is 47.8 Å². The molecule has 213 valence electrons. The molecule has 2 amide bonds. The zero-order chi connectivity index (χ0) is 29.4. The lowest BCUT2D eigenvalue weighted by molar-refractivity contribution is -0.118. The summed E-state index contributed by atoms with van der Waals surface area (Å²) in [4.78, 5) is 29.9. The monoisotopic (exact) mass is 575 g/mol. The molecule has 5 aromatic rings. The van der Waals surface area contributed by atoms with E-state index in [4.69, 9.17) is 0 Å². The van der Waals surface area contributed by atoms with E-state index in [0.717, 1.165) is 47.7 Å². The molecule has 3 heterocycles. The first-order valence-corrected chi connectivity index (χ1v) is 15.1. The van der Waals surface area contributed by atoms with Gasteiger partial charge in [-0.2, -0.15) is 4.98 Å². The van der Waals surface area contributed by atoms with Crippen LogP contribution in [-0.2, 0) is 23.3 Å². The van der Waals surface area contributed by atoms with Crippen molar-refractivity contribution in [1.29, 1.82) is 0 Å². The Morgan fingerprint density at radius 2 is 1.90 bits per heavy atom. The number of aromatic nitrogens is 4. The van der Waals surface area contributed by atoms with Crippen molar-refractivity contribution in [3.05, 3.63) is 83.7 Å². The van der Waals surface area contributed by atoms with Gasteiger partial charge >= 0.3 is 0 Å². The van der Waals surface area contributed by atoms with Gasteiger partial charge in [0.05, 0.1) is 5.56 Å². The van der Waals surface area contributed by atoms with E-state index >= 15 is 0 Å². The van der Waals surface area contributed by atoms with Gasteiger partial charge in [-0.1, -0.05) is 44.2 Å². The van der Waals surface area contributed by atoms with Crippen LogP contribution in [0.15, 0.2) is 67.0 Å². The van der Waals surface area contributed by atoms with E-state index in [1.165, 1.54) is 17.5 Å². The molecule has 0 spiro atoms. The number of anilines is 1. The standard InChI is InChI=1S/C33H35N6O2Si/c1-21(2)30(40)36-32-35-29-19-24(13-17-39(29)37-32)23-11-12-28-25(18-23)26(20-38(28)3)31(41)34-16-7-15-33(42)14-6-9-22-8-4-5-10-27(22)33/h4-5,8,10-13,17-21H,6-7,9,14-16H2,1-3H3,(H,34,41)(H,36,37,40)/t33-/m1/s1. The number of nitrogens with one attached hydrogen (secondary N) is 2. The molecule has 1 aliphatic rings. The van der Waals surface area contributed by atoms with Crippen LogP contribution in [0.5, 0.6) is 0 Å². The van der Waals surface area contributed by atoms with Crippen LogP contribution in [0, 0.1) is 5.92 Å². The lowest BCUT2D eigenvalue weighted by atomic mass is 9.79. The molecule has 0 aliphatic heterocycles. The summed E-state index contributed by atoms with van der Waals surface area (Å²) in [5.74, 6) is -0.0751. The number of carbonyl (C=O) groups is 2. The number of aryl methyl sites for hydroxylation is 2. The average Bonchev–Trinajstić information content (AvgIpc) is 3.54. The van der Waals surface area contributed by atoms with E-state index in [1.54, 1.807) is 4.52 Å². The third kappa shape index (κ3) is 5.36. The summed E-state index contributed by atoms with van der Waals surface area (Å²) >= 11 is 0. The Kier molecular flexibility index (Phi) is 7.45. The molecule has 0 bridgehead atoms. The number of carbonyl (C=O) groups excluding carboxylic acids is 2. The summed E-state index contributed by atoms with van der Waals surface area (Å²) in [5, 5.41) is 11.1. The molecular formula is C33H35N6O2Si. The maximum absolute atomic E-state index is 13.4. The van der Waals surface area contributed by atoms with Crippen LogP contribution in [0.3, 0.4) is 0 Å². The van der Waals surface area contributed by atoms with E-state index in [2.05, 4.69) is 61.3 Å². The highest BCUT2D eigenvalue weighted by Crippen LogP contribution is 2.38. The summed E-state index contributed by atoms with van der Waals surface area (Å²) in [5.41, 5.74) is 7.01. The lowest BCUT2D eigenvalue weighted by Gasteiger charge is -2.36. The van der Waals surface area contributed by atoms with Crippen LogP contribution in [0.25, 0.3) is 27.7 Å². The van der Waals surface area contributed by atoms with Crippen LogP contribution >= 0.6 is 0 Å². The normalized spacial score (nSPS) is 16.6.